The van der Waals surface area contributed by atoms with Crippen molar-refractivity contribution in [2.75, 3.05) is 31.0 Å². The van der Waals surface area contributed by atoms with Crippen molar-refractivity contribution in [3.63, 3.8) is 0 Å². The Balaban J connectivity index is 1.24. The average molecular weight is 549 g/mol. The molecular formula is C28H28N4O6S. The molecule has 2 N–H and O–H groups in total. The number of rotatable bonds is 8. The van der Waals surface area contributed by atoms with Gasteiger partial charge in [0, 0.05) is 59.4 Å². The molecule has 3 aromatic carbocycles. The summed E-state index contributed by atoms with van der Waals surface area (Å²) in [5.74, 6) is 2.40. The van der Waals surface area contributed by atoms with Crippen LogP contribution in [0.15, 0.2) is 78.0 Å². The molecule has 3 amide bonds. The molecule has 0 aliphatic carbocycles. The van der Waals surface area contributed by atoms with Gasteiger partial charge in [-0.2, -0.15) is 0 Å². The predicted molar refractivity (Wildman–Crippen MR) is 148 cm³/mol. The molecule has 0 spiro atoms. The second-order valence-electron chi connectivity index (χ2n) is 8.50. The molecule has 202 valence electrons. The summed E-state index contributed by atoms with van der Waals surface area (Å²) < 4.78 is 21.9. The predicted octanol–water partition coefficient (Wildman–Crippen LogP) is 5.96. The molecule has 1 unspecified atom stereocenters. The summed E-state index contributed by atoms with van der Waals surface area (Å²) in [6, 6.07) is 18.1. The first-order valence-electron chi connectivity index (χ1n) is 12.2. The fourth-order valence-corrected chi connectivity index (χ4v) is 5.40. The number of hydrogen-bond donors (Lipinski definition) is 2. The number of carbonyl (C=O) groups excluding carboxylic acids is 2. The molecule has 2 aliphatic rings. The molecule has 3 aromatic rings. The van der Waals surface area contributed by atoms with Crippen molar-refractivity contribution < 1.29 is 28.5 Å². The monoisotopic (exact) mass is 548 g/mol. The highest BCUT2D eigenvalue weighted by atomic mass is 32.2. The number of amides is 3. The van der Waals surface area contributed by atoms with Gasteiger partial charge in [0.15, 0.2) is 5.50 Å². The van der Waals surface area contributed by atoms with E-state index in [0.29, 0.717) is 35.3 Å². The summed E-state index contributed by atoms with van der Waals surface area (Å²) in [7, 11) is 3.10. The maximum atomic E-state index is 12.6. The maximum Gasteiger partial charge on any atom is 0.416 e. The summed E-state index contributed by atoms with van der Waals surface area (Å²) in [6.07, 6.45) is 3.20. The van der Waals surface area contributed by atoms with Gasteiger partial charge in [-0.25, -0.2) is 9.59 Å². The van der Waals surface area contributed by atoms with E-state index >= 15 is 0 Å². The van der Waals surface area contributed by atoms with Crippen molar-refractivity contribution >= 4 is 35.3 Å². The fraction of sp³-hybridized carbons (Fsp3) is 0.214. The smallest absolute Gasteiger partial charge is 0.416 e. The van der Waals surface area contributed by atoms with Crippen LogP contribution in [0.25, 0.3) is 0 Å². The third-order valence-electron chi connectivity index (χ3n) is 6.03. The van der Waals surface area contributed by atoms with Gasteiger partial charge < -0.3 is 34.5 Å². The van der Waals surface area contributed by atoms with E-state index in [1.54, 1.807) is 62.2 Å². The summed E-state index contributed by atoms with van der Waals surface area (Å²) in [4.78, 5) is 29.5. The van der Waals surface area contributed by atoms with Gasteiger partial charge >= 0.3 is 12.1 Å². The quantitative estimate of drug-likeness (QED) is 0.356. The van der Waals surface area contributed by atoms with Crippen molar-refractivity contribution in [3.05, 3.63) is 78.6 Å². The number of hydrogen-bond acceptors (Lipinski definition) is 8. The Kier molecular flexibility index (Phi) is 7.69. The number of nitrogens with one attached hydrogen (secondary N) is 2. The Labute approximate surface area is 230 Å². The molecule has 0 radical (unpaired) electrons. The Hall–Kier alpha value is -4.51. The maximum absolute atomic E-state index is 12.6. The average Bonchev–Trinajstić information content (AvgIpc) is 3.52. The summed E-state index contributed by atoms with van der Waals surface area (Å²) in [5, 5.41) is 5.66. The van der Waals surface area contributed by atoms with Crippen LogP contribution in [0.3, 0.4) is 0 Å². The van der Waals surface area contributed by atoms with E-state index in [9.17, 15) is 9.59 Å². The van der Waals surface area contributed by atoms with Crippen LogP contribution in [-0.2, 0) is 11.3 Å². The summed E-state index contributed by atoms with van der Waals surface area (Å²) in [5.41, 5.74) is 2.06. The van der Waals surface area contributed by atoms with E-state index in [1.165, 1.54) is 0 Å². The number of carbonyl (C=O) groups is 2. The second-order valence-corrected chi connectivity index (χ2v) is 9.60. The van der Waals surface area contributed by atoms with Gasteiger partial charge in [-0.3, -0.25) is 4.90 Å². The number of fused-ring (bicyclic) bond motifs is 3. The molecule has 0 saturated carbocycles. The third-order valence-corrected chi connectivity index (χ3v) is 7.30. The third kappa shape index (κ3) is 5.68. The van der Waals surface area contributed by atoms with Crippen LogP contribution in [0.1, 0.15) is 12.5 Å². The molecule has 39 heavy (non-hydrogen) atoms. The molecular weight excluding hydrogens is 520 g/mol. The van der Waals surface area contributed by atoms with Crippen molar-refractivity contribution in [2.24, 2.45) is 0 Å². The van der Waals surface area contributed by atoms with Gasteiger partial charge in [-0.1, -0.05) is 30.0 Å². The summed E-state index contributed by atoms with van der Waals surface area (Å²) >= 11 is 1.57. The number of methoxy groups -OCH3 is 2. The molecule has 2 heterocycles. The standard InChI is InChI=1S/C28H28N4O6S/c1-4-37-28(34)32-12-11-31-23-16-20(9-10-25(23)39-27(31)32)38-24-8-6-5-7-18(24)17-29-26(33)30-19-13-21(35-2)15-22(14-19)36-3/h5-16,27H,4,17H2,1-3H3,(H2,29,30,33). The second kappa shape index (κ2) is 11.5. The SMILES string of the molecule is CCOC(=O)N1C=CN2c3cc(Oc4ccccc4CNC(=O)Nc4cc(OC)cc(OC)c4)ccc3SC12. The van der Waals surface area contributed by atoms with Crippen molar-refractivity contribution in [2.45, 2.75) is 23.9 Å². The van der Waals surface area contributed by atoms with Gasteiger partial charge in [0.25, 0.3) is 0 Å². The Morgan fingerprint density at radius 2 is 1.72 bits per heavy atom. The van der Waals surface area contributed by atoms with E-state index < -0.39 is 0 Å². The first kappa shape index (κ1) is 26.1. The lowest BCUT2D eigenvalue weighted by molar-refractivity contribution is 0.122. The minimum absolute atomic E-state index is 0.228. The molecule has 0 bridgehead atoms. The van der Waals surface area contributed by atoms with Crippen LogP contribution >= 0.6 is 11.8 Å². The minimum atomic E-state index is -0.382. The van der Waals surface area contributed by atoms with Gasteiger partial charge in [0.1, 0.15) is 23.0 Å². The molecule has 11 heteroatoms. The zero-order valence-corrected chi connectivity index (χ0v) is 22.5. The number of thioether (sulfide) groups is 1. The number of urea groups is 1. The van der Waals surface area contributed by atoms with Gasteiger partial charge in [0.05, 0.1) is 26.5 Å². The summed E-state index contributed by atoms with van der Waals surface area (Å²) in [6.45, 7) is 2.35. The first-order chi connectivity index (χ1) is 19.0. The molecule has 2 aliphatic heterocycles. The van der Waals surface area contributed by atoms with E-state index in [0.717, 1.165) is 16.1 Å². The fourth-order valence-electron chi connectivity index (χ4n) is 4.17. The molecule has 1 atom stereocenters. The van der Waals surface area contributed by atoms with Crippen LogP contribution in [-0.4, -0.2) is 43.3 Å². The number of anilines is 2. The van der Waals surface area contributed by atoms with Crippen molar-refractivity contribution in [3.8, 4) is 23.0 Å². The number of ether oxygens (including phenoxy) is 4. The number of nitrogens with zero attached hydrogens (tertiary/aromatic N) is 2. The zero-order valence-electron chi connectivity index (χ0n) is 21.7. The lowest BCUT2D eigenvalue weighted by Gasteiger charge is -2.23. The number of benzene rings is 3. The Morgan fingerprint density at radius 1 is 0.949 bits per heavy atom. The van der Waals surface area contributed by atoms with E-state index in [2.05, 4.69) is 10.6 Å². The topological polar surface area (TPSA) is 102 Å². The van der Waals surface area contributed by atoms with E-state index in [4.69, 9.17) is 18.9 Å². The molecule has 10 nitrogen and oxygen atoms in total. The molecule has 0 fully saturated rings. The largest absolute Gasteiger partial charge is 0.497 e. The van der Waals surface area contributed by atoms with Gasteiger partial charge in [-0.05, 0) is 25.1 Å². The normalized spacial score (nSPS) is 14.9. The molecule has 0 aromatic heterocycles. The molecule has 0 saturated heterocycles. The van der Waals surface area contributed by atoms with Crippen LogP contribution in [0.4, 0.5) is 21.0 Å². The first-order valence-corrected chi connectivity index (χ1v) is 13.1. The highest BCUT2D eigenvalue weighted by Crippen LogP contribution is 2.49. The zero-order chi connectivity index (χ0) is 27.4. The Bertz CT molecular complexity index is 1390. The highest BCUT2D eigenvalue weighted by molar-refractivity contribution is 8.00. The van der Waals surface area contributed by atoms with Gasteiger partial charge in [-0.15, -0.1) is 0 Å². The number of para-hydroxylation sites is 1. The van der Waals surface area contributed by atoms with Crippen molar-refractivity contribution in [1.29, 1.82) is 0 Å². The van der Waals surface area contributed by atoms with E-state index in [-0.39, 0.29) is 24.2 Å². The van der Waals surface area contributed by atoms with E-state index in [1.807, 2.05) is 53.6 Å². The minimum Gasteiger partial charge on any atom is -0.497 e. The Morgan fingerprint density at radius 3 is 2.46 bits per heavy atom. The van der Waals surface area contributed by atoms with Crippen LogP contribution in [0.5, 0.6) is 23.0 Å². The van der Waals surface area contributed by atoms with Crippen molar-refractivity contribution in [1.82, 2.24) is 10.2 Å². The highest BCUT2D eigenvalue weighted by Gasteiger charge is 2.39. The lowest BCUT2D eigenvalue weighted by Crippen LogP contribution is -2.37. The van der Waals surface area contributed by atoms with Crippen LogP contribution in [0.2, 0.25) is 0 Å². The van der Waals surface area contributed by atoms with Crippen LogP contribution < -0.4 is 29.7 Å². The van der Waals surface area contributed by atoms with Crippen LogP contribution in [0, 0.1) is 0 Å². The lowest BCUT2D eigenvalue weighted by atomic mass is 10.2. The van der Waals surface area contributed by atoms with Gasteiger partial charge in [0.2, 0.25) is 0 Å². The molecule has 5 rings (SSSR count).